The number of imide groups is 1. The molecule has 1 fully saturated rings. The summed E-state index contributed by atoms with van der Waals surface area (Å²) >= 11 is 0. The number of nitrogens with one attached hydrogen (secondary N) is 1. The molecule has 0 unspecified atom stereocenters. The number of benzene rings is 2. The first-order valence-corrected chi connectivity index (χ1v) is 8.90. The third-order valence-corrected chi connectivity index (χ3v) is 4.93. The van der Waals surface area contributed by atoms with E-state index in [-0.39, 0.29) is 11.9 Å². The zero-order valence-electron chi connectivity index (χ0n) is 15.8. The van der Waals surface area contributed by atoms with E-state index in [4.69, 9.17) is 9.47 Å². The Morgan fingerprint density at radius 2 is 1.70 bits per heavy atom. The van der Waals surface area contributed by atoms with Gasteiger partial charge in [-0.3, -0.25) is 9.69 Å². The van der Waals surface area contributed by atoms with Crippen molar-refractivity contribution in [2.75, 3.05) is 20.8 Å². The molecule has 1 aliphatic heterocycles. The molecule has 1 heterocycles. The number of carbonyl (C=O) groups excluding carboxylic acids is 2. The summed E-state index contributed by atoms with van der Waals surface area (Å²) in [6.45, 7) is 2.09. The maximum absolute atomic E-state index is 13.0. The predicted molar refractivity (Wildman–Crippen MR) is 102 cm³/mol. The van der Waals surface area contributed by atoms with Gasteiger partial charge in [0, 0.05) is 6.54 Å². The molecule has 1 aliphatic rings. The van der Waals surface area contributed by atoms with Crippen LogP contribution in [0.4, 0.5) is 4.79 Å². The molecule has 1 saturated heterocycles. The Bertz CT molecular complexity index is 837. The molecule has 0 aliphatic carbocycles. The van der Waals surface area contributed by atoms with Crippen LogP contribution in [0, 0.1) is 0 Å². The van der Waals surface area contributed by atoms with Gasteiger partial charge in [-0.1, -0.05) is 36.4 Å². The van der Waals surface area contributed by atoms with Crippen LogP contribution in [0.15, 0.2) is 48.5 Å². The fraction of sp³-hybridized carbons (Fsp3) is 0.333. The lowest BCUT2D eigenvalue weighted by Gasteiger charge is -2.23. The van der Waals surface area contributed by atoms with Gasteiger partial charge in [0.25, 0.3) is 5.91 Å². The van der Waals surface area contributed by atoms with Crippen LogP contribution >= 0.6 is 0 Å². The number of amides is 3. The van der Waals surface area contributed by atoms with Gasteiger partial charge in [-0.15, -0.1) is 0 Å². The van der Waals surface area contributed by atoms with Gasteiger partial charge in [0.05, 0.1) is 14.2 Å². The average Bonchev–Trinajstić information content (AvgIpc) is 2.92. The van der Waals surface area contributed by atoms with Gasteiger partial charge in [-0.2, -0.15) is 0 Å². The van der Waals surface area contributed by atoms with E-state index < -0.39 is 5.54 Å². The van der Waals surface area contributed by atoms with Crippen LogP contribution < -0.4 is 14.8 Å². The molecule has 0 bridgehead atoms. The molecule has 142 valence electrons. The number of aryl methyl sites for hydroxylation is 1. The van der Waals surface area contributed by atoms with Gasteiger partial charge in [-0.05, 0) is 43.0 Å². The SMILES string of the molecule is COc1ccc([C@@]2(C)NC(=O)N(CCCc3ccccc3)C2=O)cc1OC. The van der Waals surface area contributed by atoms with Gasteiger partial charge in [0.1, 0.15) is 5.54 Å². The predicted octanol–water partition coefficient (Wildman–Crippen LogP) is 3.10. The minimum atomic E-state index is -1.12. The smallest absolute Gasteiger partial charge is 0.325 e. The molecule has 1 N–H and O–H groups in total. The lowest BCUT2D eigenvalue weighted by atomic mass is 9.91. The molecule has 0 aromatic heterocycles. The number of carbonyl (C=O) groups is 2. The first kappa shape index (κ1) is 18.8. The van der Waals surface area contributed by atoms with Gasteiger partial charge in [-0.25, -0.2) is 4.79 Å². The Morgan fingerprint density at radius 3 is 2.37 bits per heavy atom. The summed E-state index contributed by atoms with van der Waals surface area (Å²) in [5.41, 5.74) is 0.722. The van der Waals surface area contributed by atoms with E-state index in [0.717, 1.165) is 6.42 Å². The zero-order chi connectivity index (χ0) is 19.4. The summed E-state index contributed by atoms with van der Waals surface area (Å²) in [6, 6.07) is 14.9. The second-order valence-electron chi connectivity index (χ2n) is 6.67. The zero-order valence-corrected chi connectivity index (χ0v) is 15.8. The molecule has 2 aromatic carbocycles. The molecule has 6 heteroatoms. The van der Waals surface area contributed by atoms with Crippen LogP contribution in [0.2, 0.25) is 0 Å². The van der Waals surface area contributed by atoms with E-state index in [1.807, 2.05) is 30.3 Å². The van der Waals surface area contributed by atoms with Crippen molar-refractivity contribution in [1.82, 2.24) is 10.2 Å². The molecule has 3 amide bonds. The van der Waals surface area contributed by atoms with Crippen molar-refractivity contribution in [3.63, 3.8) is 0 Å². The van der Waals surface area contributed by atoms with Crippen molar-refractivity contribution in [2.24, 2.45) is 0 Å². The van der Waals surface area contributed by atoms with Crippen LogP contribution in [0.1, 0.15) is 24.5 Å². The largest absolute Gasteiger partial charge is 0.493 e. The first-order valence-electron chi connectivity index (χ1n) is 8.90. The van der Waals surface area contributed by atoms with Gasteiger partial charge >= 0.3 is 6.03 Å². The maximum atomic E-state index is 13.0. The van der Waals surface area contributed by atoms with Crippen molar-refractivity contribution in [2.45, 2.75) is 25.3 Å². The van der Waals surface area contributed by atoms with Crippen molar-refractivity contribution in [3.05, 3.63) is 59.7 Å². The lowest BCUT2D eigenvalue weighted by molar-refractivity contribution is -0.131. The van der Waals surface area contributed by atoms with Crippen molar-refractivity contribution < 1.29 is 19.1 Å². The summed E-state index contributed by atoms with van der Waals surface area (Å²) in [5, 5.41) is 2.82. The monoisotopic (exact) mass is 368 g/mol. The third kappa shape index (κ3) is 3.60. The molecule has 1 atom stereocenters. The summed E-state index contributed by atoms with van der Waals surface area (Å²) in [4.78, 5) is 26.7. The first-order chi connectivity index (χ1) is 13.0. The van der Waals surface area contributed by atoms with Crippen molar-refractivity contribution in [1.29, 1.82) is 0 Å². The standard InChI is InChI=1S/C21H24N2O4/c1-21(16-11-12-17(26-2)18(14-16)27-3)19(24)23(20(25)22-21)13-7-10-15-8-5-4-6-9-15/h4-6,8-9,11-12,14H,7,10,13H2,1-3H3,(H,22,25)/t21-/m1/s1. The number of hydrogen-bond donors (Lipinski definition) is 1. The van der Waals surface area contributed by atoms with E-state index in [0.29, 0.717) is 30.0 Å². The minimum absolute atomic E-state index is 0.257. The highest BCUT2D eigenvalue weighted by atomic mass is 16.5. The number of ether oxygens (including phenoxy) is 2. The van der Waals surface area contributed by atoms with Crippen LogP contribution in [0.5, 0.6) is 11.5 Å². The molecular formula is C21H24N2O4. The van der Waals surface area contributed by atoms with Crippen LogP contribution in [0.25, 0.3) is 0 Å². The molecule has 3 rings (SSSR count). The Hall–Kier alpha value is -3.02. The van der Waals surface area contributed by atoms with E-state index in [2.05, 4.69) is 5.32 Å². The highest BCUT2D eigenvalue weighted by Crippen LogP contribution is 2.35. The number of methoxy groups -OCH3 is 2. The van der Waals surface area contributed by atoms with E-state index >= 15 is 0 Å². The Balaban J connectivity index is 1.74. The Labute approximate surface area is 159 Å². The average molecular weight is 368 g/mol. The fourth-order valence-electron chi connectivity index (χ4n) is 3.33. The highest BCUT2D eigenvalue weighted by molar-refractivity contribution is 6.07. The lowest BCUT2D eigenvalue weighted by Crippen LogP contribution is -2.41. The van der Waals surface area contributed by atoms with Gasteiger partial charge in [0.2, 0.25) is 0 Å². The number of urea groups is 1. The van der Waals surface area contributed by atoms with E-state index in [9.17, 15) is 9.59 Å². The van der Waals surface area contributed by atoms with Crippen LogP contribution in [-0.2, 0) is 16.8 Å². The topological polar surface area (TPSA) is 67.9 Å². The Morgan fingerprint density at radius 1 is 1.00 bits per heavy atom. The Kier molecular flexibility index (Phi) is 5.35. The molecular weight excluding hydrogens is 344 g/mol. The summed E-state index contributed by atoms with van der Waals surface area (Å²) in [5.74, 6) is 0.829. The van der Waals surface area contributed by atoms with Crippen molar-refractivity contribution >= 4 is 11.9 Å². The molecule has 0 saturated carbocycles. The van der Waals surface area contributed by atoms with Crippen molar-refractivity contribution in [3.8, 4) is 11.5 Å². The summed E-state index contributed by atoms with van der Waals surface area (Å²) < 4.78 is 10.6. The minimum Gasteiger partial charge on any atom is -0.493 e. The van der Waals surface area contributed by atoms with Gasteiger partial charge < -0.3 is 14.8 Å². The summed E-state index contributed by atoms with van der Waals surface area (Å²) in [7, 11) is 3.09. The molecule has 2 aromatic rings. The van der Waals surface area contributed by atoms with Gasteiger partial charge in [0.15, 0.2) is 11.5 Å². The normalized spacial score (nSPS) is 19.1. The maximum Gasteiger partial charge on any atom is 0.325 e. The molecule has 0 spiro atoms. The van der Waals surface area contributed by atoms with Crippen LogP contribution in [-0.4, -0.2) is 37.6 Å². The number of nitrogens with zero attached hydrogens (tertiary/aromatic N) is 1. The number of hydrogen-bond acceptors (Lipinski definition) is 4. The van der Waals surface area contributed by atoms with Crippen LogP contribution in [0.3, 0.4) is 0 Å². The second kappa shape index (κ2) is 7.70. The molecule has 6 nitrogen and oxygen atoms in total. The molecule has 0 radical (unpaired) electrons. The van der Waals surface area contributed by atoms with E-state index in [1.165, 1.54) is 17.6 Å². The molecule has 27 heavy (non-hydrogen) atoms. The third-order valence-electron chi connectivity index (χ3n) is 4.93. The number of rotatable bonds is 7. The fourth-order valence-corrected chi connectivity index (χ4v) is 3.33. The summed E-state index contributed by atoms with van der Waals surface area (Å²) in [6.07, 6.45) is 1.52. The second-order valence-corrected chi connectivity index (χ2v) is 6.67. The quantitative estimate of drug-likeness (QED) is 0.763. The van der Waals surface area contributed by atoms with E-state index in [1.54, 1.807) is 32.2 Å². The highest BCUT2D eigenvalue weighted by Gasteiger charge is 2.48.